The van der Waals surface area contributed by atoms with Gasteiger partial charge in [-0.3, -0.25) is 0 Å². The van der Waals surface area contributed by atoms with Crippen molar-refractivity contribution >= 4 is 11.9 Å². The lowest BCUT2D eigenvalue weighted by atomic mass is 9.97. The fourth-order valence-corrected chi connectivity index (χ4v) is 3.12. The van der Waals surface area contributed by atoms with Crippen LogP contribution in [0.25, 0.3) is 0 Å². The van der Waals surface area contributed by atoms with Crippen molar-refractivity contribution in [1.82, 2.24) is 15.0 Å². The van der Waals surface area contributed by atoms with E-state index in [0.29, 0.717) is 64.1 Å². The summed E-state index contributed by atoms with van der Waals surface area (Å²) in [6.07, 6.45) is 10.3. The third kappa shape index (κ3) is 10.4. The summed E-state index contributed by atoms with van der Waals surface area (Å²) < 4.78 is 16.3. The summed E-state index contributed by atoms with van der Waals surface area (Å²) in [6.45, 7) is 7.25. The number of nitrogens with one attached hydrogen (secondary N) is 2. The van der Waals surface area contributed by atoms with Gasteiger partial charge in [-0.1, -0.05) is 44.8 Å². The van der Waals surface area contributed by atoms with Crippen LogP contribution in [0.5, 0.6) is 6.01 Å². The van der Waals surface area contributed by atoms with Crippen molar-refractivity contribution in [3.05, 3.63) is 12.7 Å². The Morgan fingerprint density at radius 1 is 0.931 bits per heavy atom. The molecule has 1 fully saturated rings. The van der Waals surface area contributed by atoms with Crippen LogP contribution in [0.15, 0.2) is 12.7 Å². The molecule has 0 amide bonds. The fraction of sp³-hybridized carbons (Fsp3) is 0.750. The van der Waals surface area contributed by atoms with Gasteiger partial charge in [0.1, 0.15) is 6.61 Å². The highest BCUT2D eigenvalue weighted by Gasteiger charge is 2.14. The second kappa shape index (κ2) is 14.9. The van der Waals surface area contributed by atoms with Gasteiger partial charge in [0.25, 0.3) is 0 Å². The van der Waals surface area contributed by atoms with Gasteiger partial charge in [-0.2, -0.15) is 15.0 Å². The van der Waals surface area contributed by atoms with E-state index in [0.717, 1.165) is 12.8 Å². The predicted octanol–water partition coefficient (Wildman–Crippen LogP) is 2.36. The number of aromatic nitrogens is 3. The number of nitrogens with two attached hydrogens (primary N) is 1. The summed E-state index contributed by atoms with van der Waals surface area (Å²) in [5, 5.41) is 6.64. The predicted molar refractivity (Wildman–Crippen MR) is 114 cm³/mol. The van der Waals surface area contributed by atoms with Gasteiger partial charge in [-0.15, -0.1) is 0 Å². The molecule has 0 aromatic carbocycles. The number of hydrogen-bond donors (Lipinski definition) is 3. The topological polar surface area (TPSA) is 116 Å². The van der Waals surface area contributed by atoms with E-state index in [1.807, 2.05) is 0 Å². The van der Waals surface area contributed by atoms with Crippen LogP contribution < -0.4 is 21.1 Å². The first-order chi connectivity index (χ1) is 14.3. The summed E-state index contributed by atoms with van der Waals surface area (Å²) in [5.74, 6) is 1.01. The van der Waals surface area contributed by atoms with Crippen LogP contribution >= 0.6 is 0 Å². The van der Waals surface area contributed by atoms with Gasteiger partial charge in [0.05, 0.1) is 26.4 Å². The SMILES string of the molecule is C=CCOc1nc(NCCOCCOCCN)nc(NC2CCCCCCC2)n1. The molecule has 29 heavy (non-hydrogen) atoms. The molecule has 4 N–H and O–H groups in total. The number of rotatable bonds is 14. The third-order valence-electron chi connectivity index (χ3n) is 4.55. The molecule has 0 aliphatic heterocycles. The average Bonchev–Trinajstić information content (AvgIpc) is 2.70. The van der Waals surface area contributed by atoms with Crippen molar-refractivity contribution in [2.75, 3.05) is 56.8 Å². The van der Waals surface area contributed by atoms with Crippen LogP contribution in [-0.4, -0.2) is 67.1 Å². The van der Waals surface area contributed by atoms with Crippen LogP contribution in [0.3, 0.4) is 0 Å². The molecule has 1 aromatic heterocycles. The van der Waals surface area contributed by atoms with E-state index in [1.54, 1.807) is 6.08 Å². The molecule has 164 valence electrons. The Kier molecular flexibility index (Phi) is 12.0. The quantitative estimate of drug-likeness (QED) is 0.315. The zero-order valence-electron chi connectivity index (χ0n) is 17.4. The van der Waals surface area contributed by atoms with Crippen molar-refractivity contribution in [3.8, 4) is 6.01 Å². The van der Waals surface area contributed by atoms with Gasteiger partial charge in [-0.25, -0.2) is 0 Å². The minimum Gasteiger partial charge on any atom is -0.459 e. The Morgan fingerprint density at radius 2 is 1.62 bits per heavy atom. The molecule has 2 rings (SSSR count). The molecule has 9 heteroatoms. The maximum atomic E-state index is 5.53. The van der Waals surface area contributed by atoms with Crippen LogP contribution in [0.1, 0.15) is 44.9 Å². The standard InChI is InChI=1S/C20H36N6O3/c1-2-12-29-20-25-18(22-11-14-28-16-15-27-13-10-21)24-19(26-20)23-17-8-6-4-3-5-7-9-17/h2,17H,1,3-16,21H2,(H2,22,23,24,25,26). The van der Waals surface area contributed by atoms with Crippen molar-refractivity contribution in [1.29, 1.82) is 0 Å². The normalized spacial score (nSPS) is 15.3. The Hall–Kier alpha value is -1.97. The fourth-order valence-electron chi connectivity index (χ4n) is 3.12. The van der Waals surface area contributed by atoms with E-state index in [9.17, 15) is 0 Å². The molecule has 0 bridgehead atoms. The van der Waals surface area contributed by atoms with E-state index in [1.165, 1.54) is 32.1 Å². The average molecular weight is 409 g/mol. The summed E-state index contributed by atoms with van der Waals surface area (Å²) in [6, 6.07) is 0.668. The first-order valence-corrected chi connectivity index (χ1v) is 10.7. The highest BCUT2D eigenvalue weighted by atomic mass is 16.5. The van der Waals surface area contributed by atoms with Crippen molar-refractivity contribution in [2.45, 2.75) is 51.0 Å². The van der Waals surface area contributed by atoms with Gasteiger partial charge in [0.2, 0.25) is 11.9 Å². The summed E-state index contributed by atoms with van der Waals surface area (Å²) in [4.78, 5) is 13.2. The molecule has 9 nitrogen and oxygen atoms in total. The smallest absolute Gasteiger partial charge is 0.323 e. The van der Waals surface area contributed by atoms with Gasteiger partial charge in [0.15, 0.2) is 0 Å². The summed E-state index contributed by atoms with van der Waals surface area (Å²) in [7, 11) is 0. The van der Waals surface area contributed by atoms with Crippen LogP contribution in [-0.2, 0) is 9.47 Å². The molecule has 1 saturated carbocycles. The summed E-state index contributed by atoms with van der Waals surface area (Å²) in [5.41, 5.74) is 5.37. The Bertz CT molecular complexity index is 567. The number of nitrogens with zero attached hydrogens (tertiary/aromatic N) is 3. The highest BCUT2D eigenvalue weighted by molar-refractivity contribution is 5.36. The van der Waals surface area contributed by atoms with Gasteiger partial charge in [-0.05, 0) is 12.8 Å². The third-order valence-corrected chi connectivity index (χ3v) is 4.55. The van der Waals surface area contributed by atoms with Crippen LogP contribution in [0, 0.1) is 0 Å². The maximum absolute atomic E-state index is 5.53. The number of ether oxygens (including phenoxy) is 3. The number of anilines is 2. The molecule has 0 saturated heterocycles. The first kappa shape index (κ1) is 23.3. The molecule has 1 aromatic rings. The lowest BCUT2D eigenvalue weighted by Gasteiger charge is -2.21. The molecule has 0 spiro atoms. The Morgan fingerprint density at radius 3 is 2.34 bits per heavy atom. The highest BCUT2D eigenvalue weighted by Crippen LogP contribution is 2.20. The van der Waals surface area contributed by atoms with Gasteiger partial charge < -0.3 is 30.6 Å². The van der Waals surface area contributed by atoms with Crippen LogP contribution in [0.4, 0.5) is 11.9 Å². The van der Waals surface area contributed by atoms with Crippen molar-refractivity contribution < 1.29 is 14.2 Å². The molecular weight excluding hydrogens is 372 g/mol. The minimum absolute atomic E-state index is 0.284. The monoisotopic (exact) mass is 408 g/mol. The first-order valence-electron chi connectivity index (χ1n) is 10.7. The van der Waals surface area contributed by atoms with E-state index in [-0.39, 0.29) is 6.01 Å². The lowest BCUT2D eigenvalue weighted by Crippen LogP contribution is -2.23. The Labute approximate surface area is 173 Å². The van der Waals surface area contributed by atoms with E-state index >= 15 is 0 Å². The molecular formula is C20H36N6O3. The molecule has 1 aliphatic carbocycles. The Balaban J connectivity index is 1.85. The van der Waals surface area contributed by atoms with Crippen molar-refractivity contribution in [3.63, 3.8) is 0 Å². The second-order valence-corrected chi connectivity index (χ2v) is 6.99. The van der Waals surface area contributed by atoms with Gasteiger partial charge >= 0.3 is 6.01 Å². The van der Waals surface area contributed by atoms with E-state index < -0.39 is 0 Å². The van der Waals surface area contributed by atoms with Crippen LogP contribution in [0.2, 0.25) is 0 Å². The number of hydrogen-bond acceptors (Lipinski definition) is 9. The maximum Gasteiger partial charge on any atom is 0.323 e. The molecule has 0 radical (unpaired) electrons. The zero-order valence-corrected chi connectivity index (χ0v) is 17.4. The molecule has 0 atom stereocenters. The summed E-state index contributed by atoms with van der Waals surface area (Å²) >= 11 is 0. The second-order valence-electron chi connectivity index (χ2n) is 6.99. The van der Waals surface area contributed by atoms with Gasteiger partial charge in [0, 0.05) is 19.1 Å². The van der Waals surface area contributed by atoms with E-state index in [2.05, 4.69) is 32.2 Å². The molecule has 1 heterocycles. The zero-order chi connectivity index (χ0) is 20.6. The van der Waals surface area contributed by atoms with E-state index in [4.69, 9.17) is 19.9 Å². The minimum atomic E-state index is 0.284. The molecule has 0 unspecified atom stereocenters. The molecule has 1 aliphatic rings. The lowest BCUT2D eigenvalue weighted by molar-refractivity contribution is 0.0547. The van der Waals surface area contributed by atoms with Crippen molar-refractivity contribution in [2.24, 2.45) is 5.73 Å². The largest absolute Gasteiger partial charge is 0.459 e.